The summed E-state index contributed by atoms with van der Waals surface area (Å²) < 4.78 is 37.6. The van der Waals surface area contributed by atoms with Gasteiger partial charge < -0.3 is 15.3 Å². The standard InChI is InChI=1S/C24H28ClF3N4O2/c25-20-3-4-21(22(14-20)32-9-7-30(8-10-32)6-5-24(26,27)28)29-23(34)17-1-2-18-15-31(11-12-33)16-19(18)13-17/h1-4,13-14,33H,5-12,15-16H2,(H,29,34). The van der Waals surface area contributed by atoms with Gasteiger partial charge in [0.2, 0.25) is 0 Å². The van der Waals surface area contributed by atoms with Crippen molar-refractivity contribution in [3.8, 4) is 0 Å². The van der Waals surface area contributed by atoms with Gasteiger partial charge in [0.1, 0.15) is 0 Å². The number of aliphatic hydroxyl groups excluding tert-OH is 1. The predicted molar refractivity (Wildman–Crippen MR) is 126 cm³/mol. The second kappa shape index (κ2) is 10.5. The predicted octanol–water partition coefficient (Wildman–Crippen LogP) is 3.97. The van der Waals surface area contributed by atoms with Crippen LogP contribution in [0.2, 0.25) is 5.02 Å². The Bertz CT molecular complexity index is 1030. The topological polar surface area (TPSA) is 59.1 Å². The van der Waals surface area contributed by atoms with Crippen molar-refractivity contribution in [1.82, 2.24) is 9.80 Å². The molecule has 184 valence electrons. The van der Waals surface area contributed by atoms with E-state index >= 15 is 0 Å². The lowest BCUT2D eigenvalue weighted by molar-refractivity contribution is -0.138. The molecule has 1 amide bonds. The van der Waals surface area contributed by atoms with Crippen molar-refractivity contribution in [2.24, 2.45) is 0 Å². The molecule has 2 aromatic carbocycles. The van der Waals surface area contributed by atoms with Gasteiger partial charge in [0.25, 0.3) is 5.91 Å². The number of amides is 1. The Labute approximate surface area is 201 Å². The molecule has 2 aliphatic heterocycles. The number of aliphatic hydroxyl groups is 1. The van der Waals surface area contributed by atoms with Gasteiger partial charge in [-0.1, -0.05) is 17.7 Å². The normalized spacial score (nSPS) is 17.1. The van der Waals surface area contributed by atoms with Gasteiger partial charge in [0.15, 0.2) is 0 Å². The zero-order chi connectivity index (χ0) is 24.3. The molecule has 10 heteroatoms. The van der Waals surface area contributed by atoms with E-state index in [4.69, 9.17) is 11.6 Å². The van der Waals surface area contributed by atoms with Crippen LogP contribution in [0.25, 0.3) is 0 Å². The zero-order valence-corrected chi connectivity index (χ0v) is 19.5. The molecule has 0 bridgehead atoms. The number of carbonyl (C=O) groups is 1. The Morgan fingerprint density at radius 1 is 0.971 bits per heavy atom. The first-order valence-electron chi connectivity index (χ1n) is 11.3. The fourth-order valence-corrected chi connectivity index (χ4v) is 4.64. The van der Waals surface area contributed by atoms with E-state index in [9.17, 15) is 23.1 Å². The van der Waals surface area contributed by atoms with Crippen molar-refractivity contribution in [1.29, 1.82) is 0 Å². The van der Waals surface area contributed by atoms with Crippen molar-refractivity contribution < 1.29 is 23.1 Å². The second-order valence-corrected chi connectivity index (χ2v) is 9.16. The van der Waals surface area contributed by atoms with Gasteiger partial charge in [-0.15, -0.1) is 0 Å². The molecule has 0 aliphatic carbocycles. The Hall–Kier alpha value is -2.33. The van der Waals surface area contributed by atoms with Crippen LogP contribution in [0.4, 0.5) is 24.5 Å². The first-order chi connectivity index (χ1) is 16.2. The van der Waals surface area contributed by atoms with E-state index in [0.29, 0.717) is 55.5 Å². The number of halogens is 4. The van der Waals surface area contributed by atoms with E-state index in [0.717, 1.165) is 23.4 Å². The molecule has 0 aromatic heterocycles. The minimum atomic E-state index is -4.16. The summed E-state index contributed by atoms with van der Waals surface area (Å²) in [5, 5.41) is 12.7. The van der Waals surface area contributed by atoms with Crippen molar-refractivity contribution in [2.45, 2.75) is 25.7 Å². The number of piperazine rings is 1. The number of alkyl halides is 3. The van der Waals surface area contributed by atoms with Crippen LogP contribution >= 0.6 is 11.6 Å². The van der Waals surface area contributed by atoms with Crippen LogP contribution in [0.5, 0.6) is 0 Å². The summed E-state index contributed by atoms with van der Waals surface area (Å²) in [6.07, 6.45) is -4.97. The molecule has 1 fully saturated rings. The lowest BCUT2D eigenvalue weighted by atomic mass is 10.1. The molecule has 34 heavy (non-hydrogen) atoms. The smallest absolute Gasteiger partial charge is 0.390 e. The van der Waals surface area contributed by atoms with Crippen LogP contribution in [-0.4, -0.2) is 72.9 Å². The number of anilines is 2. The average molecular weight is 497 g/mol. The third-order valence-electron chi connectivity index (χ3n) is 6.31. The quantitative estimate of drug-likeness (QED) is 0.607. The molecule has 0 spiro atoms. The van der Waals surface area contributed by atoms with Crippen LogP contribution in [0.1, 0.15) is 27.9 Å². The van der Waals surface area contributed by atoms with Gasteiger partial charge in [0.05, 0.1) is 24.4 Å². The number of hydrogen-bond acceptors (Lipinski definition) is 5. The lowest BCUT2D eigenvalue weighted by Gasteiger charge is -2.37. The lowest BCUT2D eigenvalue weighted by Crippen LogP contribution is -2.47. The molecule has 6 nitrogen and oxygen atoms in total. The number of β-amino-alcohol motifs (C(OH)–C–C–N with tert-alkyl or cyclic N) is 1. The SMILES string of the molecule is O=C(Nc1ccc(Cl)cc1N1CCN(CCC(F)(F)F)CC1)c1ccc2c(c1)CN(CCO)C2. The van der Waals surface area contributed by atoms with Crippen LogP contribution in [-0.2, 0) is 13.1 Å². The number of hydrogen-bond donors (Lipinski definition) is 2. The monoisotopic (exact) mass is 496 g/mol. The highest BCUT2D eigenvalue weighted by Crippen LogP contribution is 2.31. The fourth-order valence-electron chi connectivity index (χ4n) is 4.47. The summed E-state index contributed by atoms with van der Waals surface area (Å²) in [7, 11) is 0. The summed E-state index contributed by atoms with van der Waals surface area (Å²) in [6, 6.07) is 10.9. The van der Waals surface area contributed by atoms with Gasteiger partial charge in [0, 0.05) is 62.9 Å². The third-order valence-corrected chi connectivity index (χ3v) is 6.54. The van der Waals surface area contributed by atoms with Crippen molar-refractivity contribution in [3.63, 3.8) is 0 Å². The van der Waals surface area contributed by atoms with E-state index in [1.54, 1.807) is 29.2 Å². The van der Waals surface area contributed by atoms with Gasteiger partial charge in [-0.3, -0.25) is 14.6 Å². The van der Waals surface area contributed by atoms with Gasteiger partial charge in [-0.25, -0.2) is 0 Å². The summed E-state index contributed by atoms with van der Waals surface area (Å²) >= 11 is 6.22. The maximum atomic E-state index is 13.0. The molecule has 2 heterocycles. The van der Waals surface area contributed by atoms with E-state index in [2.05, 4.69) is 10.2 Å². The molecule has 0 saturated carbocycles. The molecule has 2 aromatic rings. The zero-order valence-electron chi connectivity index (χ0n) is 18.7. The minimum absolute atomic E-state index is 0.00938. The van der Waals surface area contributed by atoms with E-state index in [1.807, 2.05) is 17.0 Å². The van der Waals surface area contributed by atoms with Crippen LogP contribution < -0.4 is 10.2 Å². The number of nitrogens with one attached hydrogen (secondary N) is 1. The van der Waals surface area contributed by atoms with Gasteiger partial charge in [-0.2, -0.15) is 13.2 Å². The fraction of sp³-hybridized carbons (Fsp3) is 0.458. The molecule has 2 N–H and O–H groups in total. The highest BCUT2D eigenvalue weighted by Gasteiger charge is 2.29. The highest BCUT2D eigenvalue weighted by molar-refractivity contribution is 6.31. The summed E-state index contributed by atoms with van der Waals surface area (Å²) in [6.45, 7) is 4.23. The molecular weight excluding hydrogens is 469 g/mol. The number of benzene rings is 2. The average Bonchev–Trinajstić information content (AvgIpc) is 3.20. The molecular formula is C24H28ClF3N4O2. The molecule has 0 unspecified atom stereocenters. The Morgan fingerprint density at radius 3 is 2.41 bits per heavy atom. The summed E-state index contributed by atoms with van der Waals surface area (Å²) in [5.41, 5.74) is 4.14. The second-order valence-electron chi connectivity index (χ2n) is 8.73. The number of rotatable bonds is 7. The summed E-state index contributed by atoms with van der Waals surface area (Å²) in [5.74, 6) is -0.240. The maximum absolute atomic E-state index is 13.0. The van der Waals surface area contributed by atoms with E-state index in [-0.39, 0.29) is 19.1 Å². The molecule has 2 aliphatic rings. The summed E-state index contributed by atoms with van der Waals surface area (Å²) in [4.78, 5) is 19.0. The van der Waals surface area contributed by atoms with Crippen LogP contribution in [0.3, 0.4) is 0 Å². The number of fused-ring (bicyclic) bond motifs is 1. The Balaban J connectivity index is 1.42. The van der Waals surface area contributed by atoms with E-state index < -0.39 is 12.6 Å². The van der Waals surface area contributed by atoms with Crippen molar-refractivity contribution in [2.75, 3.05) is 56.1 Å². The maximum Gasteiger partial charge on any atom is 0.390 e. The van der Waals surface area contributed by atoms with Gasteiger partial charge >= 0.3 is 6.18 Å². The molecule has 0 atom stereocenters. The van der Waals surface area contributed by atoms with Crippen LogP contribution in [0.15, 0.2) is 36.4 Å². The molecule has 4 rings (SSSR count). The first kappa shape index (κ1) is 24.8. The molecule has 0 radical (unpaired) electrons. The Morgan fingerprint density at radius 2 is 1.71 bits per heavy atom. The van der Waals surface area contributed by atoms with Gasteiger partial charge in [-0.05, 0) is 41.5 Å². The highest BCUT2D eigenvalue weighted by atomic mass is 35.5. The van der Waals surface area contributed by atoms with Crippen molar-refractivity contribution in [3.05, 3.63) is 58.1 Å². The molecule has 1 saturated heterocycles. The number of nitrogens with zero attached hydrogens (tertiary/aromatic N) is 3. The van der Waals surface area contributed by atoms with Crippen molar-refractivity contribution >= 4 is 28.9 Å². The van der Waals surface area contributed by atoms with Crippen LogP contribution in [0, 0.1) is 0 Å². The van der Waals surface area contributed by atoms with E-state index in [1.165, 1.54) is 0 Å². The number of carbonyl (C=O) groups excluding carboxylic acids is 1. The largest absolute Gasteiger partial charge is 0.395 e. The Kier molecular flexibility index (Phi) is 7.67. The third kappa shape index (κ3) is 6.21. The minimum Gasteiger partial charge on any atom is -0.395 e. The first-order valence-corrected chi connectivity index (χ1v) is 11.7.